The Kier molecular flexibility index (Phi) is 7.16. The standard InChI is InChI=1S/C28H32ClN3O4S/c29-26-14-18-3-5-21(15-25(18)37-26)32-10-7-20(16-32)28(34)30-22(17-31-8-1-2-9-31)27(33)19-4-6-23-24(13-19)36-12-11-35-23/h3-6,13-15,20,22,27,33H,1-2,7-12,16-17H2,(H,30,34)/t20-,22+,27+/m0/s1. The Morgan fingerprint density at radius 3 is 2.73 bits per heavy atom. The van der Waals surface area contributed by atoms with Crippen molar-refractivity contribution in [2.24, 2.45) is 5.92 Å². The summed E-state index contributed by atoms with van der Waals surface area (Å²) in [5.41, 5.74) is 1.84. The third-order valence-electron chi connectivity index (χ3n) is 7.67. The third kappa shape index (κ3) is 5.39. The zero-order valence-electron chi connectivity index (χ0n) is 20.7. The number of thiophene rings is 1. The average molecular weight is 542 g/mol. The SMILES string of the molecule is O=C(N[C@H](CN1CCCC1)[C@H](O)c1ccc2c(c1)OCCO2)[C@H]1CCN(c2ccc3cc(Cl)sc3c2)C1. The van der Waals surface area contributed by atoms with Gasteiger partial charge in [-0.05, 0) is 73.6 Å². The molecule has 3 aliphatic rings. The number of aliphatic hydroxyl groups is 1. The number of likely N-dealkylation sites (tertiary alicyclic amines) is 1. The lowest BCUT2D eigenvalue weighted by Crippen LogP contribution is -2.48. The van der Waals surface area contributed by atoms with Crippen molar-refractivity contribution in [2.45, 2.75) is 31.4 Å². The number of nitrogens with zero attached hydrogens (tertiary/aromatic N) is 2. The van der Waals surface area contributed by atoms with Crippen molar-refractivity contribution in [3.8, 4) is 11.5 Å². The Morgan fingerprint density at radius 1 is 1.08 bits per heavy atom. The summed E-state index contributed by atoms with van der Waals surface area (Å²) < 4.78 is 13.3. The predicted octanol–water partition coefficient (Wildman–Crippen LogP) is 4.47. The molecular weight excluding hydrogens is 510 g/mol. The Bertz CT molecular complexity index is 1280. The Balaban J connectivity index is 1.15. The van der Waals surface area contributed by atoms with E-state index in [1.54, 1.807) is 11.3 Å². The summed E-state index contributed by atoms with van der Waals surface area (Å²) in [4.78, 5) is 18.1. The van der Waals surface area contributed by atoms with E-state index in [0.717, 1.165) is 64.6 Å². The van der Waals surface area contributed by atoms with Gasteiger partial charge in [-0.3, -0.25) is 4.79 Å². The van der Waals surface area contributed by atoms with Crippen LogP contribution in [0.5, 0.6) is 11.5 Å². The van der Waals surface area contributed by atoms with Gasteiger partial charge in [0.1, 0.15) is 19.3 Å². The van der Waals surface area contributed by atoms with Gasteiger partial charge in [-0.1, -0.05) is 23.7 Å². The monoisotopic (exact) mass is 541 g/mol. The van der Waals surface area contributed by atoms with Crippen LogP contribution in [0.4, 0.5) is 5.69 Å². The van der Waals surface area contributed by atoms with Crippen LogP contribution in [-0.4, -0.2) is 67.9 Å². The molecule has 0 spiro atoms. The van der Waals surface area contributed by atoms with Crippen molar-refractivity contribution < 1.29 is 19.4 Å². The number of anilines is 1. The molecule has 0 aliphatic carbocycles. The molecule has 9 heteroatoms. The van der Waals surface area contributed by atoms with Gasteiger partial charge >= 0.3 is 0 Å². The number of hydrogen-bond donors (Lipinski definition) is 2. The number of fused-ring (bicyclic) bond motifs is 2. The largest absolute Gasteiger partial charge is 0.486 e. The number of halogens is 1. The lowest BCUT2D eigenvalue weighted by Gasteiger charge is -2.30. The van der Waals surface area contributed by atoms with Crippen LogP contribution in [0.15, 0.2) is 42.5 Å². The zero-order chi connectivity index (χ0) is 25.4. The van der Waals surface area contributed by atoms with E-state index in [1.165, 1.54) is 0 Å². The summed E-state index contributed by atoms with van der Waals surface area (Å²) in [6, 6.07) is 13.5. The molecule has 2 N–H and O–H groups in total. The van der Waals surface area contributed by atoms with Crippen molar-refractivity contribution in [3.63, 3.8) is 0 Å². The van der Waals surface area contributed by atoms with Gasteiger partial charge in [-0.15, -0.1) is 11.3 Å². The van der Waals surface area contributed by atoms with Crippen LogP contribution >= 0.6 is 22.9 Å². The summed E-state index contributed by atoms with van der Waals surface area (Å²) in [6.45, 7) is 5.10. The molecule has 0 bridgehead atoms. The van der Waals surface area contributed by atoms with Gasteiger partial charge in [0.25, 0.3) is 0 Å². The maximum absolute atomic E-state index is 13.5. The van der Waals surface area contributed by atoms with E-state index >= 15 is 0 Å². The highest BCUT2D eigenvalue weighted by atomic mass is 35.5. The Morgan fingerprint density at radius 2 is 1.89 bits per heavy atom. The normalized spacial score (nSPS) is 21.4. The Hall–Kier alpha value is -2.52. The highest BCUT2D eigenvalue weighted by Crippen LogP contribution is 2.35. The van der Waals surface area contributed by atoms with Crippen molar-refractivity contribution in [2.75, 3.05) is 50.8 Å². The summed E-state index contributed by atoms with van der Waals surface area (Å²) in [5.74, 6) is 1.21. The third-order valence-corrected chi connectivity index (χ3v) is 8.89. The second-order valence-electron chi connectivity index (χ2n) is 10.2. The second kappa shape index (κ2) is 10.7. The molecule has 6 rings (SSSR count). The number of nitrogens with one attached hydrogen (secondary N) is 1. The molecule has 37 heavy (non-hydrogen) atoms. The number of rotatable bonds is 7. The molecule has 2 aromatic carbocycles. The lowest BCUT2D eigenvalue weighted by atomic mass is 9.99. The van der Waals surface area contributed by atoms with Gasteiger partial charge < -0.3 is 29.7 Å². The first-order valence-electron chi connectivity index (χ1n) is 13.1. The van der Waals surface area contributed by atoms with Gasteiger partial charge in [0.2, 0.25) is 5.91 Å². The van der Waals surface area contributed by atoms with E-state index in [-0.39, 0.29) is 11.8 Å². The molecular formula is C28H32ClN3O4S. The minimum Gasteiger partial charge on any atom is -0.486 e. The smallest absolute Gasteiger partial charge is 0.225 e. The molecule has 0 unspecified atom stereocenters. The fourth-order valence-electron chi connectivity index (χ4n) is 5.64. The van der Waals surface area contributed by atoms with Crippen LogP contribution in [0.25, 0.3) is 10.1 Å². The minimum absolute atomic E-state index is 0.00327. The predicted molar refractivity (Wildman–Crippen MR) is 147 cm³/mol. The lowest BCUT2D eigenvalue weighted by molar-refractivity contribution is -0.126. The quantitative estimate of drug-likeness (QED) is 0.460. The van der Waals surface area contributed by atoms with E-state index < -0.39 is 12.1 Å². The first-order valence-corrected chi connectivity index (χ1v) is 14.3. The summed E-state index contributed by atoms with van der Waals surface area (Å²) in [5, 5.41) is 15.8. The fraction of sp³-hybridized carbons (Fsp3) is 0.464. The molecule has 1 amide bonds. The van der Waals surface area contributed by atoms with Crippen molar-refractivity contribution in [1.82, 2.24) is 10.2 Å². The molecule has 1 aromatic heterocycles. The number of amides is 1. The van der Waals surface area contributed by atoms with E-state index in [4.69, 9.17) is 21.1 Å². The summed E-state index contributed by atoms with van der Waals surface area (Å²) in [7, 11) is 0. The zero-order valence-corrected chi connectivity index (χ0v) is 22.3. The maximum atomic E-state index is 13.5. The van der Waals surface area contributed by atoms with Crippen molar-refractivity contribution in [3.05, 3.63) is 52.4 Å². The molecule has 196 valence electrons. The van der Waals surface area contributed by atoms with E-state index in [9.17, 15) is 9.90 Å². The van der Waals surface area contributed by atoms with Crippen LogP contribution < -0.4 is 19.7 Å². The highest BCUT2D eigenvalue weighted by molar-refractivity contribution is 7.22. The number of ether oxygens (including phenoxy) is 2. The number of carbonyl (C=O) groups is 1. The van der Waals surface area contributed by atoms with E-state index in [2.05, 4.69) is 33.3 Å². The van der Waals surface area contributed by atoms with E-state index in [1.807, 2.05) is 24.3 Å². The first-order chi connectivity index (χ1) is 18.0. The summed E-state index contributed by atoms with van der Waals surface area (Å²) in [6.07, 6.45) is 2.24. The van der Waals surface area contributed by atoms with Crippen molar-refractivity contribution >= 4 is 44.6 Å². The summed E-state index contributed by atoms with van der Waals surface area (Å²) >= 11 is 7.76. The minimum atomic E-state index is -0.844. The van der Waals surface area contributed by atoms with Gasteiger partial charge in [0.05, 0.1) is 16.3 Å². The number of aliphatic hydroxyl groups excluding tert-OH is 1. The van der Waals surface area contributed by atoms with Gasteiger partial charge in [0.15, 0.2) is 11.5 Å². The molecule has 3 aliphatic heterocycles. The van der Waals surface area contributed by atoms with Crippen LogP contribution in [0, 0.1) is 5.92 Å². The average Bonchev–Trinajstić information content (AvgIpc) is 3.67. The molecule has 7 nitrogen and oxygen atoms in total. The maximum Gasteiger partial charge on any atom is 0.225 e. The topological polar surface area (TPSA) is 74.3 Å². The van der Waals surface area contributed by atoms with Gasteiger partial charge in [-0.2, -0.15) is 0 Å². The van der Waals surface area contributed by atoms with Crippen LogP contribution in [0.3, 0.4) is 0 Å². The molecule has 3 atom stereocenters. The number of benzene rings is 2. The van der Waals surface area contributed by atoms with Crippen LogP contribution in [0.2, 0.25) is 4.34 Å². The van der Waals surface area contributed by atoms with Gasteiger partial charge in [-0.25, -0.2) is 0 Å². The van der Waals surface area contributed by atoms with E-state index in [0.29, 0.717) is 37.8 Å². The Labute approximate surface area is 225 Å². The van der Waals surface area contributed by atoms with Crippen LogP contribution in [-0.2, 0) is 4.79 Å². The van der Waals surface area contributed by atoms with Crippen LogP contribution in [0.1, 0.15) is 30.9 Å². The first kappa shape index (κ1) is 24.8. The molecule has 2 saturated heterocycles. The highest BCUT2D eigenvalue weighted by Gasteiger charge is 2.33. The second-order valence-corrected chi connectivity index (χ2v) is 11.9. The molecule has 0 saturated carbocycles. The van der Waals surface area contributed by atoms with Crippen molar-refractivity contribution in [1.29, 1.82) is 0 Å². The molecule has 4 heterocycles. The molecule has 3 aromatic rings. The number of hydrogen-bond acceptors (Lipinski definition) is 7. The molecule has 2 fully saturated rings. The number of carbonyl (C=O) groups excluding carboxylic acids is 1. The van der Waals surface area contributed by atoms with Gasteiger partial charge in [0, 0.05) is 30.0 Å². The fourth-order valence-corrected chi connectivity index (χ4v) is 6.82. The molecule has 0 radical (unpaired) electrons.